The first-order valence-electron chi connectivity index (χ1n) is 11.9. The lowest BCUT2D eigenvalue weighted by atomic mass is 9.94. The summed E-state index contributed by atoms with van der Waals surface area (Å²) < 4.78 is 0. The van der Waals surface area contributed by atoms with Gasteiger partial charge in [-0.2, -0.15) is 0 Å². The Morgan fingerprint density at radius 1 is 0.912 bits per heavy atom. The standard InChI is InChI=1S/C27H38N4O3/c1-5-19(4)24(25(29)32)31(17-21-14-10-7-11-15-21)27(34)22(16-20-12-8-6-9-13-20)30-26(33)23(28)18(2)3/h6-15,18-19,22-24H,5,16-17,28H2,1-4H3,(H2,29,32)(H,30,33)/t19-,22-,23-,24-/m0/s1. The topological polar surface area (TPSA) is 119 Å². The summed E-state index contributed by atoms with van der Waals surface area (Å²) in [5, 5.41) is 2.86. The molecule has 0 spiro atoms. The maximum absolute atomic E-state index is 14.0. The molecule has 0 saturated carbocycles. The summed E-state index contributed by atoms with van der Waals surface area (Å²) in [7, 11) is 0. The van der Waals surface area contributed by atoms with Crippen LogP contribution in [-0.4, -0.2) is 40.7 Å². The van der Waals surface area contributed by atoms with Crippen molar-refractivity contribution in [3.05, 3.63) is 71.8 Å². The molecule has 0 aliphatic rings. The summed E-state index contributed by atoms with van der Waals surface area (Å²) in [6, 6.07) is 16.4. The molecule has 3 amide bonds. The summed E-state index contributed by atoms with van der Waals surface area (Å²) >= 11 is 0. The first-order chi connectivity index (χ1) is 16.1. The van der Waals surface area contributed by atoms with Crippen LogP contribution in [0.2, 0.25) is 0 Å². The monoisotopic (exact) mass is 466 g/mol. The molecule has 0 heterocycles. The Labute approximate surface area is 202 Å². The van der Waals surface area contributed by atoms with Crippen molar-refractivity contribution in [1.82, 2.24) is 10.2 Å². The Hall–Kier alpha value is -3.19. The van der Waals surface area contributed by atoms with E-state index in [1.54, 1.807) is 0 Å². The van der Waals surface area contributed by atoms with E-state index in [1.165, 1.54) is 4.90 Å². The molecule has 4 atom stereocenters. The van der Waals surface area contributed by atoms with Crippen molar-refractivity contribution in [2.24, 2.45) is 23.3 Å². The van der Waals surface area contributed by atoms with Gasteiger partial charge in [-0.3, -0.25) is 14.4 Å². The molecule has 0 aliphatic heterocycles. The van der Waals surface area contributed by atoms with Crippen LogP contribution in [0.1, 0.15) is 45.2 Å². The molecule has 34 heavy (non-hydrogen) atoms. The molecule has 0 bridgehead atoms. The van der Waals surface area contributed by atoms with E-state index in [2.05, 4.69) is 5.32 Å². The van der Waals surface area contributed by atoms with Crippen LogP contribution in [-0.2, 0) is 27.3 Å². The van der Waals surface area contributed by atoms with Crippen LogP contribution in [0.15, 0.2) is 60.7 Å². The Bertz CT molecular complexity index is 933. The molecular weight excluding hydrogens is 428 g/mol. The number of nitrogens with one attached hydrogen (secondary N) is 1. The van der Waals surface area contributed by atoms with Crippen molar-refractivity contribution in [3.63, 3.8) is 0 Å². The van der Waals surface area contributed by atoms with Gasteiger partial charge in [-0.1, -0.05) is 94.8 Å². The number of carbonyl (C=O) groups excluding carboxylic acids is 3. The van der Waals surface area contributed by atoms with E-state index in [9.17, 15) is 14.4 Å². The second-order valence-electron chi connectivity index (χ2n) is 9.21. The van der Waals surface area contributed by atoms with E-state index >= 15 is 0 Å². The Kier molecular flexibility index (Phi) is 10.3. The fourth-order valence-electron chi connectivity index (χ4n) is 3.88. The predicted molar refractivity (Wildman–Crippen MR) is 134 cm³/mol. The number of hydrogen-bond donors (Lipinski definition) is 3. The first-order valence-corrected chi connectivity index (χ1v) is 11.9. The number of nitrogens with zero attached hydrogens (tertiary/aromatic N) is 1. The lowest BCUT2D eigenvalue weighted by Gasteiger charge is -2.36. The normalized spacial score (nSPS) is 14.6. The number of benzene rings is 2. The zero-order valence-corrected chi connectivity index (χ0v) is 20.6. The lowest BCUT2D eigenvalue weighted by Crippen LogP contribution is -2.59. The van der Waals surface area contributed by atoms with E-state index in [1.807, 2.05) is 88.4 Å². The average molecular weight is 467 g/mol. The zero-order valence-electron chi connectivity index (χ0n) is 20.6. The van der Waals surface area contributed by atoms with Gasteiger partial charge < -0.3 is 21.7 Å². The summed E-state index contributed by atoms with van der Waals surface area (Å²) in [5.74, 6) is -1.57. The van der Waals surface area contributed by atoms with Crippen LogP contribution in [0.25, 0.3) is 0 Å². The van der Waals surface area contributed by atoms with Crippen LogP contribution in [0, 0.1) is 11.8 Å². The smallest absolute Gasteiger partial charge is 0.246 e. The fraction of sp³-hybridized carbons (Fsp3) is 0.444. The Morgan fingerprint density at radius 3 is 1.91 bits per heavy atom. The third-order valence-electron chi connectivity index (χ3n) is 6.21. The fourth-order valence-corrected chi connectivity index (χ4v) is 3.88. The third-order valence-corrected chi connectivity index (χ3v) is 6.21. The summed E-state index contributed by atoms with van der Waals surface area (Å²) in [6.07, 6.45) is 0.938. The van der Waals surface area contributed by atoms with E-state index in [-0.39, 0.29) is 30.7 Å². The number of primary amides is 1. The number of rotatable bonds is 12. The number of amides is 3. The predicted octanol–water partition coefficient (Wildman–Crippen LogP) is 2.63. The van der Waals surface area contributed by atoms with Crippen molar-refractivity contribution in [2.75, 3.05) is 0 Å². The highest BCUT2D eigenvalue weighted by molar-refractivity contribution is 5.93. The number of hydrogen-bond acceptors (Lipinski definition) is 4. The Morgan fingerprint density at radius 2 is 1.44 bits per heavy atom. The minimum absolute atomic E-state index is 0.0913. The van der Waals surface area contributed by atoms with Gasteiger partial charge >= 0.3 is 0 Å². The van der Waals surface area contributed by atoms with Crippen LogP contribution in [0.3, 0.4) is 0 Å². The minimum atomic E-state index is -0.894. The van der Waals surface area contributed by atoms with Crippen molar-refractivity contribution in [3.8, 4) is 0 Å². The largest absolute Gasteiger partial charge is 0.368 e. The third kappa shape index (κ3) is 7.42. The molecule has 0 aliphatic carbocycles. The van der Waals surface area contributed by atoms with Crippen molar-refractivity contribution < 1.29 is 14.4 Å². The quantitative estimate of drug-likeness (QED) is 0.445. The highest BCUT2D eigenvalue weighted by Gasteiger charge is 2.37. The minimum Gasteiger partial charge on any atom is -0.368 e. The van der Waals surface area contributed by atoms with Gasteiger partial charge in [-0.15, -0.1) is 0 Å². The van der Waals surface area contributed by atoms with Gasteiger partial charge in [0.05, 0.1) is 6.04 Å². The molecule has 0 unspecified atom stereocenters. The number of carbonyl (C=O) groups is 3. The zero-order chi connectivity index (χ0) is 25.3. The van der Waals surface area contributed by atoms with E-state index in [0.29, 0.717) is 6.42 Å². The van der Waals surface area contributed by atoms with Crippen LogP contribution in [0.5, 0.6) is 0 Å². The molecule has 2 aromatic rings. The molecular formula is C27H38N4O3. The SMILES string of the molecule is CC[C@H](C)[C@@H](C(N)=O)N(Cc1ccccc1)C(=O)[C@H](Cc1ccccc1)NC(=O)[C@@H](N)C(C)C. The van der Waals surface area contributed by atoms with Gasteiger partial charge in [0, 0.05) is 13.0 Å². The molecule has 7 heteroatoms. The summed E-state index contributed by atoms with van der Waals surface area (Å²) in [6.45, 7) is 7.77. The highest BCUT2D eigenvalue weighted by Crippen LogP contribution is 2.20. The second kappa shape index (κ2) is 12.9. The highest BCUT2D eigenvalue weighted by atomic mass is 16.2. The van der Waals surface area contributed by atoms with Gasteiger partial charge in [0.1, 0.15) is 12.1 Å². The molecule has 7 nitrogen and oxygen atoms in total. The van der Waals surface area contributed by atoms with Gasteiger partial charge in [0.25, 0.3) is 0 Å². The molecule has 2 aromatic carbocycles. The van der Waals surface area contributed by atoms with Gasteiger partial charge in [0.15, 0.2) is 0 Å². The van der Waals surface area contributed by atoms with Gasteiger partial charge in [0.2, 0.25) is 17.7 Å². The van der Waals surface area contributed by atoms with Crippen molar-refractivity contribution in [2.45, 2.75) is 65.2 Å². The average Bonchev–Trinajstić information content (AvgIpc) is 2.83. The Balaban J connectivity index is 2.47. The maximum Gasteiger partial charge on any atom is 0.246 e. The van der Waals surface area contributed by atoms with Gasteiger partial charge in [-0.05, 0) is 23.0 Å². The number of nitrogens with two attached hydrogens (primary N) is 2. The van der Waals surface area contributed by atoms with Crippen LogP contribution in [0.4, 0.5) is 0 Å². The molecule has 184 valence electrons. The van der Waals surface area contributed by atoms with Crippen molar-refractivity contribution in [1.29, 1.82) is 0 Å². The van der Waals surface area contributed by atoms with E-state index in [4.69, 9.17) is 11.5 Å². The van der Waals surface area contributed by atoms with E-state index < -0.39 is 29.9 Å². The second-order valence-corrected chi connectivity index (χ2v) is 9.21. The van der Waals surface area contributed by atoms with Crippen LogP contribution < -0.4 is 16.8 Å². The summed E-state index contributed by atoms with van der Waals surface area (Å²) in [5.41, 5.74) is 13.6. The molecule has 5 N–H and O–H groups in total. The summed E-state index contributed by atoms with van der Waals surface area (Å²) in [4.78, 5) is 40.9. The maximum atomic E-state index is 14.0. The molecule has 0 saturated heterocycles. The van der Waals surface area contributed by atoms with Gasteiger partial charge in [-0.25, -0.2) is 0 Å². The molecule has 0 radical (unpaired) electrons. The lowest BCUT2D eigenvalue weighted by molar-refractivity contribution is -0.145. The van der Waals surface area contributed by atoms with E-state index in [0.717, 1.165) is 11.1 Å². The first kappa shape index (κ1) is 27.1. The molecule has 0 aromatic heterocycles. The van der Waals surface area contributed by atoms with Crippen molar-refractivity contribution >= 4 is 17.7 Å². The van der Waals surface area contributed by atoms with Crippen LogP contribution >= 0.6 is 0 Å². The molecule has 2 rings (SSSR count). The molecule has 0 fully saturated rings.